The van der Waals surface area contributed by atoms with Crippen molar-refractivity contribution in [1.82, 2.24) is 15.1 Å². The molecule has 10 heteroatoms. The predicted molar refractivity (Wildman–Crippen MR) is 123 cm³/mol. The van der Waals surface area contributed by atoms with E-state index in [4.69, 9.17) is 14.2 Å². The van der Waals surface area contributed by atoms with Crippen LogP contribution < -0.4 is 24.8 Å². The maximum Gasteiger partial charge on any atom is 0.256 e. The number of carbonyl (C=O) groups is 2. The van der Waals surface area contributed by atoms with E-state index in [9.17, 15) is 9.59 Å². The first kappa shape index (κ1) is 21.2. The molecule has 170 valence electrons. The SMILES string of the molecule is COc1ccc(CNC(=O)Cn2nc3c(c2NC(=O)c2ccc4c(c2)OCO4)CSC3)cc1. The van der Waals surface area contributed by atoms with E-state index in [0.717, 1.165) is 34.1 Å². The molecule has 3 heterocycles. The number of hydrogen-bond donors (Lipinski definition) is 2. The number of methoxy groups -OCH3 is 1. The van der Waals surface area contributed by atoms with Gasteiger partial charge in [-0.2, -0.15) is 16.9 Å². The molecule has 1 aromatic heterocycles. The third-order valence-corrected chi connectivity index (χ3v) is 6.40. The van der Waals surface area contributed by atoms with Crippen molar-refractivity contribution >= 4 is 29.4 Å². The highest BCUT2D eigenvalue weighted by atomic mass is 32.2. The number of nitrogens with one attached hydrogen (secondary N) is 2. The normalized spacial score (nSPS) is 13.5. The number of amides is 2. The molecule has 5 rings (SSSR count). The summed E-state index contributed by atoms with van der Waals surface area (Å²) in [6.07, 6.45) is 0. The first-order valence-electron chi connectivity index (χ1n) is 10.4. The predicted octanol–water partition coefficient (Wildman–Crippen LogP) is 2.94. The van der Waals surface area contributed by atoms with Gasteiger partial charge >= 0.3 is 0 Å². The number of aromatic nitrogens is 2. The number of carbonyl (C=O) groups excluding carboxylic acids is 2. The fourth-order valence-corrected chi connectivity index (χ4v) is 4.71. The molecule has 0 atom stereocenters. The second kappa shape index (κ2) is 9.07. The summed E-state index contributed by atoms with van der Waals surface area (Å²) in [5, 5.41) is 10.4. The molecule has 0 aliphatic carbocycles. The standard InChI is InChI=1S/C23H22N4O5S/c1-30-16-5-2-14(3-6-16)9-24-21(28)10-27-22(17-11-33-12-18(17)26-27)25-23(29)15-4-7-19-20(8-15)32-13-31-19/h2-8H,9-13H2,1H3,(H,24,28)(H,25,29). The molecule has 2 N–H and O–H groups in total. The Kier molecular flexibility index (Phi) is 5.82. The number of thioether (sulfide) groups is 1. The first-order valence-corrected chi connectivity index (χ1v) is 11.5. The van der Waals surface area contributed by atoms with Crippen molar-refractivity contribution in [2.45, 2.75) is 24.6 Å². The van der Waals surface area contributed by atoms with E-state index in [1.54, 1.807) is 41.8 Å². The van der Waals surface area contributed by atoms with E-state index in [-0.39, 0.29) is 25.2 Å². The Morgan fingerprint density at radius 3 is 2.76 bits per heavy atom. The Bertz CT molecular complexity index is 1210. The van der Waals surface area contributed by atoms with Crippen molar-refractivity contribution < 1.29 is 23.8 Å². The summed E-state index contributed by atoms with van der Waals surface area (Å²) in [5.41, 5.74) is 3.25. The number of fused-ring (bicyclic) bond motifs is 2. The van der Waals surface area contributed by atoms with Crippen LogP contribution in [0.2, 0.25) is 0 Å². The minimum absolute atomic E-state index is 0.00454. The average molecular weight is 467 g/mol. The molecule has 2 aliphatic rings. The minimum Gasteiger partial charge on any atom is -0.497 e. The average Bonchev–Trinajstić information content (AvgIpc) is 3.55. The van der Waals surface area contributed by atoms with Gasteiger partial charge in [0.15, 0.2) is 11.5 Å². The van der Waals surface area contributed by atoms with Crippen LogP contribution in [0.4, 0.5) is 5.82 Å². The van der Waals surface area contributed by atoms with Gasteiger partial charge in [0.05, 0.1) is 12.8 Å². The molecule has 0 radical (unpaired) electrons. The van der Waals surface area contributed by atoms with Crippen molar-refractivity contribution in [3.05, 3.63) is 64.8 Å². The van der Waals surface area contributed by atoms with Gasteiger partial charge in [0.1, 0.15) is 18.1 Å². The van der Waals surface area contributed by atoms with Crippen LogP contribution in [-0.4, -0.2) is 35.5 Å². The highest BCUT2D eigenvalue weighted by Crippen LogP contribution is 2.36. The summed E-state index contributed by atoms with van der Waals surface area (Å²) in [5.74, 6) is 3.46. The van der Waals surface area contributed by atoms with E-state index < -0.39 is 0 Å². The first-order chi connectivity index (χ1) is 16.1. The van der Waals surface area contributed by atoms with Crippen LogP contribution in [0.5, 0.6) is 17.2 Å². The smallest absolute Gasteiger partial charge is 0.256 e. The molecule has 2 aliphatic heterocycles. The summed E-state index contributed by atoms with van der Waals surface area (Å²) in [7, 11) is 1.61. The van der Waals surface area contributed by atoms with Gasteiger partial charge < -0.3 is 24.8 Å². The lowest BCUT2D eigenvalue weighted by atomic mass is 10.2. The van der Waals surface area contributed by atoms with Gasteiger partial charge in [-0.1, -0.05) is 12.1 Å². The summed E-state index contributed by atoms with van der Waals surface area (Å²) < 4.78 is 17.4. The van der Waals surface area contributed by atoms with Gasteiger partial charge in [-0.05, 0) is 35.9 Å². The summed E-state index contributed by atoms with van der Waals surface area (Å²) in [6.45, 7) is 0.534. The van der Waals surface area contributed by atoms with E-state index in [1.165, 1.54) is 0 Å². The van der Waals surface area contributed by atoms with Crippen LogP contribution in [0.1, 0.15) is 27.2 Å². The van der Waals surface area contributed by atoms with E-state index >= 15 is 0 Å². The maximum absolute atomic E-state index is 12.9. The molecule has 0 saturated carbocycles. The molecule has 33 heavy (non-hydrogen) atoms. The maximum atomic E-state index is 12.9. The van der Waals surface area contributed by atoms with Crippen molar-refractivity contribution in [2.24, 2.45) is 0 Å². The zero-order chi connectivity index (χ0) is 22.8. The molecule has 0 bridgehead atoms. The highest BCUT2D eigenvalue weighted by Gasteiger charge is 2.26. The Balaban J connectivity index is 1.28. The van der Waals surface area contributed by atoms with Gasteiger partial charge in [0.25, 0.3) is 5.91 Å². The van der Waals surface area contributed by atoms with Crippen LogP contribution in [-0.2, 0) is 29.4 Å². The van der Waals surface area contributed by atoms with E-state index in [1.807, 2.05) is 24.3 Å². The van der Waals surface area contributed by atoms with Crippen molar-refractivity contribution in [3.63, 3.8) is 0 Å². The Morgan fingerprint density at radius 2 is 1.94 bits per heavy atom. The van der Waals surface area contributed by atoms with Crippen LogP contribution in [0, 0.1) is 0 Å². The molecular weight excluding hydrogens is 444 g/mol. The number of hydrogen-bond acceptors (Lipinski definition) is 7. The van der Waals surface area contributed by atoms with Crippen LogP contribution in [0.15, 0.2) is 42.5 Å². The van der Waals surface area contributed by atoms with Gasteiger partial charge in [-0.3, -0.25) is 9.59 Å². The molecule has 2 aromatic carbocycles. The van der Waals surface area contributed by atoms with Gasteiger partial charge in [0.2, 0.25) is 12.7 Å². The molecule has 0 fully saturated rings. The van der Waals surface area contributed by atoms with Crippen molar-refractivity contribution in [2.75, 3.05) is 19.2 Å². The van der Waals surface area contributed by atoms with Crippen molar-refractivity contribution in [3.8, 4) is 17.2 Å². The zero-order valence-electron chi connectivity index (χ0n) is 17.9. The lowest BCUT2D eigenvalue weighted by molar-refractivity contribution is -0.122. The zero-order valence-corrected chi connectivity index (χ0v) is 18.7. The monoisotopic (exact) mass is 466 g/mol. The molecule has 9 nitrogen and oxygen atoms in total. The molecule has 0 unspecified atom stereocenters. The van der Waals surface area contributed by atoms with Crippen LogP contribution in [0.3, 0.4) is 0 Å². The third-order valence-electron chi connectivity index (χ3n) is 5.43. The molecule has 0 saturated heterocycles. The Labute approximate surface area is 194 Å². The van der Waals surface area contributed by atoms with Crippen molar-refractivity contribution in [1.29, 1.82) is 0 Å². The molecular formula is C23H22N4O5S. The summed E-state index contributed by atoms with van der Waals surface area (Å²) in [4.78, 5) is 25.6. The third kappa shape index (κ3) is 4.47. The number of anilines is 1. The van der Waals surface area contributed by atoms with Gasteiger partial charge in [-0.25, -0.2) is 4.68 Å². The lowest BCUT2D eigenvalue weighted by Gasteiger charge is -2.12. The van der Waals surface area contributed by atoms with Crippen LogP contribution in [0.25, 0.3) is 0 Å². The fourth-order valence-electron chi connectivity index (χ4n) is 3.67. The van der Waals surface area contributed by atoms with Gasteiger partial charge in [-0.15, -0.1) is 0 Å². The second-order valence-electron chi connectivity index (χ2n) is 7.57. The number of rotatable bonds is 7. The Hall–Kier alpha value is -3.66. The van der Waals surface area contributed by atoms with E-state index in [0.29, 0.717) is 29.4 Å². The number of ether oxygens (including phenoxy) is 3. The molecule has 2 amide bonds. The summed E-state index contributed by atoms with van der Waals surface area (Å²) >= 11 is 1.73. The quantitative estimate of drug-likeness (QED) is 0.552. The highest BCUT2D eigenvalue weighted by molar-refractivity contribution is 7.98. The summed E-state index contributed by atoms with van der Waals surface area (Å²) in [6, 6.07) is 12.5. The second-order valence-corrected chi connectivity index (χ2v) is 8.56. The van der Waals surface area contributed by atoms with Crippen LogP contribution >= 0.6 is 11.8 Å². The van der Waals surface area contributed by atoms with E-state index in [2.05, 4.69) is 15.7 Å². The van der Waals surface area contributed by atoms with Gasteiger partial charge in [0, 0.05) is 29.2 Å². The lowest BCUT2D eigenvalue weighted by Crippen LogP contribution is -2.28. The Morgan fingerprint density at radius 1 is 1.12 bits per heavy atom. The number of benzene rings is 2. The minimum atomic E-state index is -0.298. The fraction of sp³-hybridized carbons (Fsp3) is 0.261. The number of nitrogens with zero attached hydrogens (tertiary/aromatic N) is 2. The largest absolute Gasteiger partial charge is 0.497 e. The molecule has 3 aromatic rings. The molecule has 0 spiro atoms. The topological polar surface area (TPSA) is 104 Å².